The first-order valence-corrected chi connectivity index (χ1v) is 6.35. The number of hydrogen-bond acceptors (Lipinski definition) is 8. The molecule has 5 atom stereocenters. The normalized spacial score (nSPS) is 42.2. The lowest BCUT2D eigenvalue weighted by Crippen LogP contribution is -2.51. The van der Waals surface area contributed by atoms with E-state index in [-0.39, 0.29) is 13.2 Å². The summed E-state index contributed by atoms with van der Waals surface area (Å²) in [5.74, 6) is 0.607. The molecule has 4 heterocycles. The van der Waals surface area contributed by atoms with E-state index in [0.29, 0.717) is 11.5 Å². The number of nitrogens with zero attached hydrogens (tertiary/aromatic N) is 3. The van der Waals surface area contributed by atoms with Gasteiger partial charge >= 0.3 is 0 Å². The van der Waals surface area contributed by atoms with Gasteiger partial charge in [-0.1, -0.05) is 0 Å². The number of hydrogen-bond donors (Lipinski definition) is 4. The molecule has 3 aliphatic heterocycles. The second-order valence-electron chi connectivity index (χ2n) is 5.22. The van der Waals surface area contributed by atoms with Gasteiger partial charge in [-0.3, -0.25) is 0 Å². The third kappa shape index (κ3) is 1.38. The monoisotopic (exact) mass is 281 g/mol. The van der Waals surface area contributed by atoms with Gasteiger partial charge in [0.2, 0.25) is 0 Å². The van der Waals surface area contributed by atoms with Gasteiger partial charge in [-0.25, -0.2) is 9.98 Å². The van der Waals surface area contributed by atoms with Gasteiger partial charge < -0.3 is 35.3 Å². The van der Waals surface area contributed by atoms with Gasteiger partial charge in [-0.2, -0.15) is 0 Å². The Morgan fingerprint density at radius 1 is 1.60 bits per heavy atom. The molecule has 0 spiro atoms. The molecule has 20 heavy (non-hydrogen) atoms. The molecule has 2 fully saturated rings. The largest absolute Gasteiger partial charge is 0.393 e. The van der Waals surface area contributed by atoms with Crippen molar-refractivity contribution in [1.82, 2.24) is 14.9 Å². The van der Waals surface area contributed by atoms with Crippen LogP contribution in [0.25, 0.3) is 0 Å². The molecule has 4 rings (SSSR count). The van der Waals surface area contributed by atoms with Crippen LogP contribution in [0, 0.1) is 0 Å². The summed E-state index contributed by atoms with van der Waals surface area (Å²) in [6.07, 6.45) is 0.448. The number of imidazole rings is 1. The minimum Gasteiger partial charge on any atom is -0.393 e. The summed E-state index contributed by atoms with van der Waals surface area (Å²) in [4.78, 5) is 12.9. The maximum absolute atomic E-state index is 10.2. The molecule has 2 saturated heterocycles. The SMILES string of the molecule is NC1c2nc[nH]c2N=CN1[C@@H]1O[C@@]2(CO)CO[C@@H]1[C@H]2O. The molecule has 0 radical (unpaired) electrons. The van der Waals surface area contributed by atoms with Gasteiger partial charge in [0, 0.05) is 0 Å². The Balaban J connectivity index is 1.64. The van der Waals surface area contributed by atoms with Crippen LogP contribution in [0.3, 0.4) is 0 Å². The summed E-state index contributed by atoms with van der Waals surface area (Å²) < 4.78 is 11.3. The van der Waals surface area contributed by atoms with Gasteiger partial charge in [0.1, 0.15) is 29.7 Å². The molecule has 0 amide bonds. The zero-order valence-electron chi connectivity index (χ0n) is 10.5. The number of H-pyrrole nitrogens is 1. The first-order chi connectivity index (χ1) is 9.66. The number of nitrogens with two attached hydrogens (primary N) is 1. The third-order valence-corrected chi connectivity index (χ3v) is 4.14. The third-order valence-electron chi connectivity index (χ3n) is 4.14. The Bertz CT molecular complexity index is 563. The molecule has 0 aromatic carbocycles. The smallest absolute Gasteiger partial charge is 0.162 e. The fourth-order valence-corrected chi connectivity index (χ4v) is 2.95. The quantitative estimate of drug-likeness (QED) is 0.502. The van der Waals surface area contributed by atoms with Crippen LogP contribution in [0.2, 0.25) is 0 Å². The van der Waals surface area contributed by atoms with Crippen molar-refractivity contribution in [1.29, 1.82) is 0 Å². The number of fused-ring (bicyclic) bond motifs is 3. The summed E-state index contributed by atoms with van der Waals surface area (Å²) in [6, 6.07) is 0. The fourth-order valence-electron chi connectivity index (χ4n) is 2.95. The van der Waals surface area contributed by atoms with Gasteiger partial charge in [-0.05, 0) is 0 Å². The highest BCUT2D eigenvalue weighted by Gasteiger charge is 2.62. The number of aliphatic hydroxyl groups is 2. The average molecular weight is 281 g/mol. The van der Waals surface area contributed by atoms with Crippen molar-refractivity contribution in [3.63, 3.8) is 0 Å². The molecule has 3 aliphatic rings. The summed E-state index contributed by atoms with van der Waals surface area (Å²) in [5.41, 5.74) is 5.68. The number of aliphatic hydroxyl groups excluding tert-OH is 2. The number of aromatic nitrogens is 2. The molecule has 108 valence electrons. The predicted molar refractivity (Wildman–Crippen MR) is 65.9 cm³/mol. The van der Waals surface area contributed by atoms with Crippen LogP contribution in [-0.4, -0.2) is 68.7 Å². The van der Waals surface area contributed by atoms with Crippen LogP contribution in [0.5, 0.6) is 0 Å². The second kappa shape index (κ2) is 3.99. The van der Waals surface area contributed by atoms with Crippen molar-refractivity contribution in [3.05, 3.63) is 12.0 Å². The number of nitrogens with one attached hydrogen (secondary N) is 1. The predicted octanol–water partition coefficient (Wildman–Crippen LogP) is -1.81. The first kappa shape index (κ1) is 12.2. The van der Waals surface area contributed by atoms with Crippen molar-refractivity contribution in [2.75, 3.05) is 13.2 Å². The van der Waals surface area contributed by atoms with E-state index in [0.717, 1.165) is 0 Å². The van der Waals surface area contributed by atoms with Gasteiger partial charge in [-0.15, -0.1) is 0 Å². The Labute approximate surface area is 114 Å². The Morgan fingerprint density at radius 3 is 3.20 bits per heavy atom. The van der Waals surface area contributed by atoms with Crippen LogP contribution in [-0.2, 0) is 9.47 Å². The van der Waals surface area contributed by atoms with Crippen molar-refractivity contribution in [2.45, 2.75) is 30.2 Å². The molecule has 2 bridgehead atoms. The fraction of sp³-hybridized carbons (Fsp3) is 0.636. The number of rotatable bonds is 2. The van der Waals surface area contributed by atoms with Crippen molar-refractivity contribution in [2.24, 2.45) is 10.7 Å². The van der Waals surface area contributed by atoms with Crippen LogP contribution in [0.4, 0.5) is 5.82 Å². The molecule has 1 aromatic rings. The minimum atomic E-state index is -1.07. The molecule has 9 nitrogen and oxygen atoms in total. The molecule has 1 unspecified atom stereocenters. The summed E-state index contributed by atoms with van der Waals surface area (Å²) in [7, 11) is 0. The topological polar surface area (TPSA) is 129 Å². The molecule has 1 aromatic heterocycles. The van der Waals surface area contributed by atoms with Crippen molar-refractivity contribution in [3.8, 4) is 0 Å². The molecular formula is C11H15N5O4. The first-order valence-electron chi connectivity index (χ1n) is 6.35. The molecule has 5 N–H and O–H groups in total. The molecule has 9 heteroatoms. The molecule has 0 saturated carbocycles. The number of aromatic amines is 1. The lowest BCUT2D eigenvalue weighted by atomic mass is 10.0. The summed E-state index contributed by atoms with van der Waals surface area (Å²) >= 11 is 0. The standard InChI is InChI=1S/C11H15N5O4/c12-8-5-9(14-3-13-5)15-4-16(8)10-6-7(18)11(1-17,20-10)2-19-6/h3-4,6-8,10,17-18H,1-2,12H2,(H,13,14)/t6-,7-,8?,10-,11+/m1/s1. The van der Waals surface area contributed by atoms with Crippen LogP contribution >= 0.6 is 0 Å². The lowest BCUT2D eigenvalue weighted by Gasteiger charge is -2.38. The summed E-state index contributed by atoms with van der Waals surface area (Å²) in [6.45, 7) is -0.144. The van der Waals surface area contributed by atoms with E-state index < -0.39 is 30.2 Å². The van der Waals surface area contributed by atoms with Gasteiger partial charge in [0.25, 0.3) is 0 Å². The highest BCUT2D eigenvalue weighted by atomic mass is 16.7. The minimum absolute atomic E-state index is 0.166. The van der Waals surface area contributed by atoms with Crippen molar-refractivity contribution >= 4 is 12.2 Å². The maximum atomic E-state index is 10.2. The maximum Gasteiger partial charge on any atom is 0.162 e. The van der Waals surface area contributed by atoms with E-state index in [9.17, 15) is 10.2 Å². The number of ether oxygens (including phenoxy) is 2. The van der Waals surface area contributed by atoms with E-state index in [2.05, 4.69) is 15.0 Å². The Hall–Kier alpha value is -1.52. The highest BCUT2D eigenvalue weighted by molar-refractivity contribution is 5.65. The van der Waals surface area contributed by atoms with E-state index in [1.54, 1.807) is 4.90 Å². The Morgan fingerprint density at radius 2 is 2.45 bits per heavy atom. The van der Waals surface area contributed by atoms with E-state index in [1.165, 1.54) is 12.7 Å². The van der Waals surface area contributed by atoms with Crippen LogP contribution in [0.15, 0.2) is 11.3 Å². The van der Waals surface area contributed by atoms with Gasteiger partial charge in [0.15, 0.2) is 12.0 Å². The lowest BCUT2D eigenvalue weighted by molar-refractivity contribution is -0.198. The number of aliphatic imine (C=N–C) groups is 1. The zero-order valence-corrected chi connectivity index (χ0v) is 10.5. The summed E-state index contributed by atoms with van der Waals surface area (Å²) in [5, 5.41) is 19.6. The van der Waals surface area contributed by atoms with Crippen LogP contribution in [0.1, 0.15) is 11.9 Å². The van der Waals surface area contributed by atoms with Crippen LogP contribution < -0.4 is 5.73 Å². The Kier molecular flexibility index (Phi) is 2.44. The average Bonchev–Trinajstić information content (AvgIpc) is 3.13. The van der Waals surface area contributed by atoms with E-state index in [4.69, 9.17) is 15.2 Å². The van der Waals surface area contributed by atoms with E-state index >= 15 is 0 Å². The second-order valence-corrected chi connectivity index (χ2v) is 5.22. The molecular weight excluding hydrogens is 266 g/mol. The highest BCUT2D eigenvalue weighted by Crippen LogP contribution is 2.43. The van der Waals surface area contributed by atoms with E-state index in [1.807, 2.05) is 0 Å². The van der Waals surface area contributed by atoms with Gasteiger partial charge in [0.05, 0.1) is 25.9 Å². The zero-order chi connectivity index (χ0) is 13.9. The molecule has 0 aliphatic carbocycles. The van der Waals surface area contributed by atoms with Crippen molar-refractivity contribution < 1.29 is 19.7 Å².